The molecule has 0 fully saturated rings. The van der Waals surface area contributed by atoms with E-state index in [9.17, 15) is 4.79 Å². The summed E-state index contributed by atoms with van der Waals surface area (Å²) in [5, 5.41) is 0.910. The first kappa shape index (κ1) is 12.5. The fourth-order valence-corrected chi connectivity index (χ4v) is 3.10. The van der Waals surface area contributed by atoms with Crippen molar-refractivity contribution in [2.75, 3.05) is 0 Å². The highest BCUT2D eigenvalue weighted by atomic mass is 79.9. The first-order valence-corrected chi connectivity index (χ1v) is 7.30. The molecule has 0 spiro atoms. The Labute approximate surface area is 122 Å². The second kappa shape index (κ2) is 5.23. The normalized spacial score (nSPS) is 10.8. The lowest BCUT2D eigenvalue weighted by Crippen LogP contribution is -2.01. The predicted octanol–water partition coefficient (Wildman–Crippen LogP) is 4.71. The highest BCUT2D eigenvalue weighted by Crippen LogP contribution is 2.29. The first-order valence-electron chi connectivity index (χ1n) is 5.69. The van der Waals surface area contributed by atoms with Crippen molar-refractivity contribution < 1.29 is 4.42 Å². The molecule has 0 atom stereocenters. The van der Waals surface area contributed by atoms with E-state index < -0.39 is 0 Å². The second-order valence-corrected chi connectivity index (χ2v) is 5.94. The van der Waals surface area contributed by atoms with Gasteiger partial charge in [-0.05, 0) is 40.2 Å². The summed E-state index contributed by atoms with van der Waals surface area (Å²) in [6.07, 6.45) is 0. The largest absolute Gasteiger partial charge is 0.421 e. The van der Waals surface area contributed by atoms with Crippen molar-refractivity contribution in [3.63, 3.8) is 0 Å². The maximum atomic E-state index is 12.0. The van der Waals surface area contributed by atoms with Gasteiger partial charge in [-0.25, -0.2) is 4.79 Å². The van der Waals surface area contributed by atoms with E-state index in [0.29, 0.717) is 10.5 Å². The van der Waals surface area contributed by atoms with Crippen LogP contribution in [0.4, 0.5) is 0 Å². The van der Waals surface area contributed by atoms with Gasteiger partial charge in [0.05, 0.1) is 9.37 Å². The topological polar surface area (TPSA) is 30.2 Å². The van der Waals surface area contributed by atoms with Crippen LogP contribution in [0.3, 0.4) is 0 Å². The lowest BCUT2D eigenvalue weighted by molar-refractivity contribution is 0.542. The molecule has 1 heterocycles. The molecule has 0 bridgehead atoms. The van der Waals surface area contributed by atoms with Crippen molar-refractivity contribution in [2.45, 2.75) is 9.79 Å². The molecule has 0 saturated heterocycles. The summed E-state index contributed by atoms with van der Waals surface area (Å²) in [6.45, 7) is 0. The summed E-state index contributed by atoms with van der Waals surface area (Å²) in [6, 6.07) is 17.3. The van der Waals surface area contributed by atoms with E-state index in [4.69, 9.17) is 4.42 Å². The Morgan fingerprint density at radius 3 is 2.58 bits per heavy atom. The Kier molecular flexibility index (Phi) is 3.44. The predicted molar refractivity (Wildman–Crippen MR) is 80.7 cm³/mol. The molecule has 4 heteroatoms. The van der Waals surface area contributed by atoms with E-state index >= 15 is 0 Å². The van der Waals surface area contributed by atoms with Crippen LogP contribution in [0.5, 0.6) is 0 Å². The minimum atomic E-state index is -0.312. The highest BCUT2D eigenvalue weighted by molar-refractivity contribution is 9.10. The second-order valence-electron chi connectivity index (χ2n) is 3.97. The fraction of sp³-hybridized carbons (Fsp3) is 0. The first-order chi connectivity index (χ1) is 9.24. The zero-order valence-corrected chi connectivity index (χ0v) is 12.2. The van der Waals surface area contributed by atoms with Crippen molar-refractivity contribution in [2.24, 2.45) is 0 Å². The van der Waals surface area contributed by atoms with Crippen LogP contribution in [0, 0.1) is 0 Å². The molecule has 94 valence electrons. The summed E-state index contributed by atoms with van der Waals surface area (Å²) in [4.78, 5) is 13.6. The van der Waals surface area contributed by atoms with Crippen LogP contribution in [-0.4, -0.2) is 0 Å². The van der Waals surface area contributed by atoms with Gasteiger partial charge in [0.2, 0.25) is 0 Å². The monoisotopic (exact) mass is 332 g/mol. The summed E-state index contributed by atoms with van der Waals surface area (Å²) < 4.78 is 6.16. The maximum absolute atomic E-state index is 12.0. The van der Waals surface area contributed by atoms with Gasteiger partial charge in [-0.15, -0.1) is 0 Å². The molecule has 0 radical (unpaired) electrons. The molecule has 0 N–H and O–H groups in total. The molecule has 2 aromatic carbocycles. The van der Waals surface area contributed by atoms with E-state index in [1.165, 1.54) is 11.8 Å². The van der Waals surface area contributed by atoms with E-state index in [2.05, 4.69) is 15.9 Å². The van der Waals surface area contributed by atoms with Gasteiger partial charge in [-0.3, -0.25) is 0 Å². The summed E-state index contributed by atoms with van der Waals surface area (Å²) >= 11 is 4.80. The fourth-order valence-electron chi connectivity index (χ4n) is 1.78. The number of fused-ring (bicyclic) bond motifs is 1. The number of benzene rings is 2. The van der Waals surface area contributed by atoms with Gasteiger partial charge in [-0.2, -0.15) is 0 Å². The van der Waals surface area contributed by atoms with Crippen molar-refractivity contribution in [3.8, 4) is 0 Å². The molecule has 0 aliphatic rings. The Bertz CT molecular complexity index is 781. The lowest BCUT2D eigenvalue weighted by atomic mass is 10.2. The Balaban J connectivity index is 2.10. The molecule has 0 amide bonds. The van der Waals surface area contributed by atoms with Crippen LogP contribution >= 0.6 is 27.7 Å². The minimum Gasteiger partial charge on any atom is -0.421 e. The third-order valence-electron chi connectivity index (χ3n) is 2.65. The van der Waals surface area contributed by atoms with Crippen LogP contribution in [0.2, 0.25) is 0 Å². The molecule has 3 aromatic rings. The van der Waals surface area contributed by atoms with E-state index in [0.717, 1.165) is 14.8 Å². The van der Waals surface area contributed by atoms with Crippen molar-refractivity contribution in [1.29, 1.82) is 0 Å². The van der Waals surface area contributed by atoms with Gasteiger partial charge in [0.25, 0.3) is 0 Å². The van der Waals surface area contributed by atoms with Gasteiger partial charge in [0.1, 0.15) is 0 Å². The SMILES string of the molecule is O=c1oc2c(Br)cccc2cc1Sc1ccccc1. The van der Waals surface area contributed by atoms with E-state index in [1.807, 2.05) is 54.6 Å². The number of halogens is 1. The summed E-state index contributed by atoms with van der Waals surface area (Å²) in [5.41, 5.74) is 0.276. The smallest absolute Gasteiger partial charge is 0.350 e. The number of hydrogen-bond acceptors (Lipinski definition) is 3. The number of rotatable bonds is 2. The lowest BCUT2D eigenvalue weighted by Gasteiger charge is -2.03. The van der Waals surface area contributed by atoms with E-state index in [1.54, 1.807) is 0 Å². The van der Waals surface area contributed by atoms with Crippen LogP contribution in [0.1, 0.15) is 0 Å². The van der Waals surface area contributed by atoms with E-state index in [-0.39, 0.29) is 5.63 Å². The Morgan fingerprint density at radius 1 is 1.00 bits per heavy atom. The average Bonchev–Trinajstić information content (AvgIpc) is 2.42. The van der Waals surface area contributed by atoms with Crippen molar-refractivity contribution in [3.05, 3.63) is 69.5 Å². The van der Waals surface area contributed by atoms with Crippen LogP contribution in [0.15, 0.2) is 78.1 Å². The molecule has 1 aromatic heterocycles. The van der Waals surface area contributed by atoms with Gasteiger partial charge >= 0.3 is 5.63 Å². The third-order valence-corrected chi connectivity index (χ3v) is 4.29. The molecule has 0 aliphatic carbocycles. The Morgan fingerprint density at radius 2 is 1.79 bits per heavy atom. The van der Waals surface area contributed by atoms with Gasteiger partial charge in [0.15, 0.2) is 5.58 Å². The zero-order chi connectivity index (χ0) is 13.2. The quantitative estimate of drug-likeness (QED) is 0.637. The van der Waals surface area contributed by atoms with Crippen molar-refractivity contribution >= 4 is 38.7 Å². The standard InChI is InChI=1S/C15H9BrO2S/c16-12-8-4-5-10-9-13(15(17)18-14(10)12)19-11-6-2-1-3-7-11/h1-9H. The third kappa shape index (κ3) is 2.60. The van der Waals surface area contributed by atoms with Gasteiger partial charge in [-0.1, -0.05) is 42.1 Å². The van der Waals surface area contributed by atoms with Gasteiger partial charge < -0.3 is 4.42 Å². The highest BCUT2D eigenvalue weighted by Gasteiger charge is 2.08. The number of para-hydroxylation sites is 1. The molecule has 0 saturated carbocycles. The van der Waals surface area contributed by atoms with Crippen LogP contribution in [0.25, 0.3) is 11.0 Å². The maximum Gasteiger partial charge on any atom is 0.350 e. The van der Waals surface area contributed by atoms with Gasteiger partial charge in [0, 0.05) is 10.3 Å². The van der Waals surface area contributed by atoms with Crippen LogP contribution < -0.4 is 5.63 Å². The number of hydrogen-bond donors (Lipinski definition) is 0. The molecular weight excluding hydrogens is 324 g/mol. The molecule has 0 unspecified atom stereocenters. The zero-order valence-electron chi connectivity index (χ0n) is 9.80. The Hall–Kier alpha value is -1.52. The molecule has 19 heavy (non-hydrogen) atoms. The summed E-state index contributed by atoms with van der Waals surface area (Å²) in [7, 11) is 0. The molecular formula is C15H9BrO2S. The summed E-state index contributed by atoms with van der Waals surface area (Å²) in [5.74, 6) is 0. The molecule has 2 nitrogen and oxygen atoms in total. The van der Waals surface area contributed by atoms with Crippen molar-refractivity contribution in [1.82, 2.24) is 0 Å². The molecule has 0 aliphatic heterocycles. The molecule has 3 rings (SSSR count). The van der Waals surface area contributed by atoms with Crippen LogP contribution in [-0.2, 0) is 0 Å². The average molecular weight is 333 g/mol. The minimum absolute atomic E-state index is 0.312.